The van der Waals surface area contributed by atoms with Crippen molar-refractivity contribution in [2.75, 3.05) is 30.4 Å². The zero-order valence-electron chi connectivity index (χ0n) is 14.6. The van der Waals surface area contributed by atoms with Gasteiger partial charge >= 0.3 is 0 Å². The molecule has 0 spiro atoms. The second-order valence-corrected chi connectivity index (χ2v) is 6.23. The second kappa shape index (κ2) is 7.86. The first-order chi connectivity index (χ1) is 12.6. The average Bonchev–Trinajstić information content (AvgIpc) is 2.68. The van der Waals surface area contributed by atoms with Gasteiger partial charge in [-0.15, -0.1) is 0 Å². The Morgan fingerprint density at radius 1 is 1.19 bits per heavy atom. The predicted octanol–water partition coefficient (Wildman–Crippen LogP) is 3.46. The molecule has 1 saturated heterocycles. The quantitative estimate of drug-likeness (QED) is 0.656. The van der Waals surface area contributed by atoms with Crippen LogP contribution in [0.3, 0.4) is 0 Å². The number of nitro groups is 1. The van der Waals surface area contributed by atoms with Crippen molar-refractivity contribution in [2.45, 2.75) is 12.8 Å². The number of nitro benzene ring substituents is 1. The van der Waals surface area contributed by atoms with E-state index in [9.17, 15) is 14.9 Å². The molecule has 1 amide bonds. The number of rotatable bonds is 5. The van der Waals surface area contributed by atoms with Crippen molar-refractivity contribution in [1.29, 1.82) is 0 Å². The molecule has 0 aliphatic carbocycles. The first-order valence-electron chi connectivity index (χ1n) is 8.52. The number of nitrogens with one attached hydrogen (secondary N) is 1. The number of anilines is 2. The van der Waals surface area contributed by atoms with Crippen molar-refractivity contribution in [2.24, 2.45) is 5.92 Å². The van der Waals surface area contributed by atoms with E-state index in [1.165, 1.54) is 6.07 Å². The van der Waals surface area contributed by atoms with E-state index >= 15 is 0 Å². The van der Waals surface area contributed by atoms with E-state index in [1.807, 2.05) is 23.1 Å². The molecule has 3 rings (SSSR count). The molecule has 0 bridgehead atoms. The van der Waals surface area contributed by atoms with E-state index in [-0.39, 0.29) is 22.4 Å². The van der Waals surface area contributed by atoms with Gasteiger partial charge in [0.1, 0.15) is 11.4 Å². The Morgan fingerprint density at radius 2 is 1.92 bits per heavy atom. The number of amides is 1. The molecule has 136 valence electrons. The molecule has 2 aromatic carbocycles. The van der Waals surface area contributed by atoms with Crippen LogP contribution in [-0.4, -0.2) is 31.0 Å². The van der Waals surface area contributed by atoms with E-state index in [0.29, 0.717) is 43.1 Å². The maximum Gasteiger partial charge on any atom is 0.292 e. The SMILES string of the molecule is COc1cccc(NC(=O)C2CCN(c3ccccc3[N+](=O)[O-])CC2)c1. The van der Waals surface area contributed by atoms with E-state index in [2.05, 4.69) is 5.32 Å². The van der Waals surface area contributed by atoms with Gasteiger partial charge in [0, 0.05) is 36.8 Å². The summed E-state index contributed by atoms with van der Waals surface area (Å²) in [5.74, 6) is 0.551. The Hall–Kier alpha value is -3.09. The van der Waals surface area contributed by atoms with Crippen LogP contribution in [0.25, 0.3) is 0 Å². The Morgan fingerprint density at radius 3 is 2.62 bits per heavy atom. The summed E-state index contributed by atoms with van der Waals surface area (Å²) >= 11 is 0. The maximum atomic E-state index is 12.5. The zero-order chi connectivity index (χ0) is 18.5. The van der Waals surface area contributed by atoms with Crippen LogP contribution in [0.15, 0.2) is 48.5 Å². The third-order valence-electron chi connectivity index (χ3n) is 4.62. The normalized spacial score (nSPS) is 14.7. The van der Waals surface area contributed by atoms with Crippen molar-refractivity contribution >= 4 is 23.0 Å². The van der Waals surface area contributed by atoms with E-state index in [1.54, 1.807) is 31.4 Å². The highest BCUT2D eigenvalue weighted by molar-refractivity contribution is 5.92. The second-order valence-electron chi connectivity index (χ2n) is 6.23. The van der Waals surface area contributed by atoms with Crippen molar-refractivity contribution in [3.63, 3.8) is 0 Å². The highest BCUT2D eigenvalue weighted by Crippen LogP contribution is 2.31. The summed E-state index contributed by atoms with van der Waals surface area (Å²) in [4.78, 5) is 25.3. The highest BCUT2D eigenvalue weighted by atomic mass is 16.6. The molecule has 1 aliphatic rings. The van der Waals surface area contributed by atoms with Crippen LogP contribution in [0.2, 0.25) is 0 Å². The van der Waals surface area contributed by atoms with E-state index in [4.69, 9.17) is 4.74 Å². The summed E-state index contributed by atoms with van der Waals surface area (Å²) in [6, 6.07) is 14.0. The number of carbonyl (C=O) groups excluding carboxylic acids is 1. The van der Waals surface area contributed by atoms with Gasteiger partial charge in [-0.1, -0.05) is 18.2 Å². The molecular weight excluding hydrogens is 334 g/mol. The van der Waals surface area contributed by atoms with Crippen molar-refractivity contribution in [1.82, 2.24) is 0 Å². The van der Waals surface area contributed by atoms with Crippen LogP contribution in [0.5, 0.6) is 5.75 Å². The van der Waals surface area contributed by atoms with Gasteiger partial charge in [-0.25, -0.2) is 0 Å². The van der Waals surface area contributed by atoms with Crippen LogP contribution >= 0.6 is 0 Å². The number of hydrogen-bond acceptors (Lipinski definition) is 5. The minimum atomic E-state index is -0.364. The molecule has 26 heavy (non-hydrogen) atoms. The number of benzene rings is 2. The van der Waals surface area contributed by atoms with E-state index in [0.717, 1.165) is 0 Å². The first kappa shape index (κ1) is 17.7. The van der Waals surface area contributed by atoms with E-state index < -0.39 is 0 Å². The molecule has 7 nitrogen and oxygen atoms in total. The van der Waals surface area contributed by atoms with Gasteiger partial charge in [-0.3, -0.25) is 14.9 Å². The van der Waals surface area contributed by atoms with Gasteiger partial charge in [-0.2, -0.15) is 0 Å². The molecule has 1 N–H and O–H groups in total. The zero-order valence-corrected chi connectivity index (χ0v) is 14.6. The lowest BCUT2D eigenvalue weighted by Crippen LogP contribution is -2.38. The first-order valence-corrected chi connectivity index (χ1v) is 8.52. The van der Waals surface area contributed by atoms with Crippen LogP contribution in [0, 0.1) is 16.0 Å². The summed E-state index contributed by atoms with van der Waals surface area (Å²) in [6.07, 6.45) is 1.31. The van der Waals surface area contributed by atoms with Crippen molar-refractivity contribution < 1.29 is 14.5 Å². The van der Waals surface area contributed by atoms with Crippen LogP contribution in [0.1, 0.15) is 12.8 Å². The molecule has 1 fully saturated rings. The molecule has 0 radical (unpaired) electrons. The van der Waals surface area contributed by atoms with Crippen molar-refractivity contribution in [3.05, 3.63) is 58.6 Å². The summed E-state index contributed by atoms with van der Waals surface area (Å²) in [7, 11) is 1.58. The number of methoxy groups -OCH3 is 1. The molecular formula is C19H21N3O4. The Balaban J connectivity index is 1.61. The van der Waals surface area contributed by atoms with Gasteiger partial charge in [-0.05, 0) is 31.0 Å². The fraction of sp³-hybridized carbons (Fsp3) is 0.316. The largest absolute Gasteiger partial charge is 0.497 e. The standard InChI is InChI=1S/C19H21N3O4/c1-26-16-6-4-5-15(13-16)20-19(23)14-9-11-21(12-10-14)17-7-2-3-8-18(17)22(24)25/h2-8,13-14H,9-12H2,1H3,(H,20,23). The average molecular weight is 355 g/mol. The minimum Gasteiger partial charge on any atom is -0.497 e. The lowest BCUT2D eigenvalue weighted by molar-refractivity contribution is -0.384. The maximum absolute atomic E-state index is 12.5. The Kier molecular flexibility index (Phi) is 5.36. The lowest BCUT2D eigenvalue weighted by Gasteiger charge is -2.32. The number of nitrogens with zero attached hydrogens (tertiary/aromatic N) is 2. The molecule has 2 aromatic rings. The topological polar surface area (TPSA) is 84.7 Å². The number of carbonyl (C=O) groups is 1. The van der Waals surface area contributed by atoms with Gasteiger partial charge in [0.25, 0.3) is 5.69 Å². The van der Waals surface area contributed by atoms with Crippen molar-refractivity contribution in [3.8, 4) is 5.75 Å². The number of para-hydroxylation sites is 2. The molecule has 7 heteroatoms. The Labute approximate surface area is 151 Å². The van der Waals surface area contributed by atoms with Gasteiger partial charge < -0.3 is 15.0 Å². The molecule has 0 aromatic heterocycles. The number of hydrogen-bond donors (Lipinski definition) is 1. The van der Waals surface area contributed by atoms with Gasteiger partial charge in [0.05, 0.1) is 12.0 Å². The van der Waals surface area contributed by atoms with Gasteiger partial charge in [0.15, 0.2) is 0 Å². The monoisotopic (exact) mass is 355 g/mol. The molecule has 1 aliphatic heterocycles. The summed E-state index contributed by atoms with van der Waals surface area (Å²) in [5.41, 5.74) is 1.42. The van der Waals surface area contributed by atoms with Gasteiger partial charge in [0.2, 0.25) is 5.91 Å². The summed E-state index contributed by atoms with van der Waals surface area (Å²) in [6.45, 7) is 1.22. The third-order valence-corrected chi connectivity index (χ3v) is 4.62. The van der Waals surface area contributed by atoms with Crippen LogP contribution in [0.4, 0.5) is 17.1 Å². The lowest BCUT2D eigenvalue weighted by atomic mass is 9.95. The summed E-state index contributed by atoms with van der Waals surface area (Å²) in [5, 5.41) is 14.1. The minimum absolute atomic E-state index is 0.0273. The third kappa shape index (κ3) is 3.93. The molecule has 0 atom stereocenters. The molecule has 0 unspecified atom stereocenters. The fourth-order valence-corrected chi connectivity index (χ4v) is 3.21. The number of piperidine rings is 1. The predicted molar refractivity (Wildman–Crippen MR) is 99.7 cm³/mol. The summed E-state index contributed by atoms with van der Waals surface area (Å²) < 4.78 is 5.16. The molecule has 0 saturated carbocycles. The molecule has 1 heterocycles. The highest BCUT2D eigenvalue weighted by Gasteiger charge is 2.28. The van der Waals surface area contributed by atoms with Crippen LogP contribution < -0.4 is 15.0 Å². The van der Waals surface area contributed by atoms with Crippen LogP contribution in [-0.2, 0) is 4.79 Å². The number of ether oxygens (including phenoxy) is 1. The fourth-order valence-electron chi connectivity index (χ4n) is 3.21. The Bertz CT molecular complexity index is 801. The smallest absolute Gasteiger partial charge is 0.292 e.